The second kappa shape index (κ2) is 4.35. The van der Waals surface area contributed by atoms with E-state index in [1.807, 2.05) is 30.3 Å². The van der Waals surface area contributed by atoms with E-state index in [0.717, 1.165) is 5.56 Å². The fourth-order valence-corrected chi connectivity index (χ4v) is 1.82. The van der Waals surface area contributed by atoms with Crippen LogP contribution in [0.25, 0.3) is 0 Å². The van der Waals surface area contributed by atoms with Crippen molar-refractivity contribution in [2.45, 2.75) is 13.0 Å². The van der Waals surface area contributed by atoms with Crippen LogP contribution in [0.3, 0.4) is 0 Å². The van der Waals surface area contributed by atoms with Gasteiger partial charge in [-0.05, 0) is 12.5 Å². The molecular weight excluding hydrogens is 206 g/mol. The molecule has 1 aliphatic rings. The monoisotopic (exact) mass is 219 g/mol. The summed E-state index contributed by atoms with van der Waals surface area (Å²) in [5, 5.41) is 0. The van der Waals surface area contributed by atoms with Gasteiger partial charge < -0.3 is 4.74 Å². The average Bonchev–Trinajstić information content (AvgIpc) is 2.61. The van der Waals surface area contributed by atoms with Crippen molar-refractivity contribution >= 4 is 11.9 Å². The van der Waals surface area contributed by atoms with Crippen LogP contribution in [-0.2, 0) is 9.53 Å². The van der Waals surface area contributed by atoms with Crippen LogP contribution in [0.15, 0.2) is 30.3 Å². The van der Waals surface area contributed by atoms with Crippen molar-refractivity contribution in [2.24, 2.45) is 0 Å². The molecule has 0 spiro atoms. The van der Waals surface area contributed by atoms with Gasteiger partial charge in [0, 0.05) is 0 Å². The lowest BCUT2D eigenvalue weighted by atomic mass is 10.1. The van der Waals surface area contributed by atoms with Gasteiger partial charge in [0.2, 0.25) is 0 Å². The number of hydrogen-bond acceptors (Lipinski definition) is 3. The van der Waals surface area contributed by atoms with Crippen LogP contribution < -0.4 is 0 Å². The van der Waals surface area contributed by atoms with E-state index < -0.39 is 6.09 Å². The number of carbonyl (C=O) groups is 2. The Balaban J connectivity index is 2.21. The minimum Gasteiger partial charge on any atom is -0.447 e. The van der Waals surface area contributed by atoms with Gasteiger partial charge in [-0.25, -0.2) is 4.79 Å². The number of amides is 1. The van der Waals surface area contributed by atoms with Crippen molar-refractivity contribution in [1.82, 2.24) is 4.90 Å². The maximum absolute atomic E-state index is 11.4. The zero-order valence-electron chi connectivity index (χ0n) is 9.05. The first-order chi connectivity index (χ1) is 7.68. The van der Waals surface area contributed by atoms with Crippen LogP contribution in [0, 0.1) is 0 Å². The molecule has 0 unspecified atom stereocenters. The Labute approximate surface area is 93.8 Å². The Morgan fingerprint density at radius 1 is 1.44 bits per heavy atom. The number of carbonyl (C=O) groups excluding carboxylic acids is 2. The third kappa shape index (κ3) is 2.05. The van der Waals surface area contributed by atoms with Crippen molar-refractivity contribution in [2.75, 3.05) is 13.2 Å². The van der Waals surface area contributed by atoms with Crippen molar-refractivity contribution in [1.29, 1.82) is 0 Å². The molecule has 1 amide bonds. The van der Waals surface area contributed by atoms with Crippen LogP contribution in [-0.4, -0.2) is 29.9 Å². The summed E-state index contributed by atoms with van der Waals surface area (Å²) in [6.07, 6.45) is -0.413. The fourth-order valence-electron chi connectivity index (χ4n) is 1.82. The van der Waals surface area contributed by atoms with Gasteiger partial charge in [-0.1, -0.05) is 30.3 Å². The van der Waals surface area contributed by atoms with Crippen LogP contribution in [0.2, 0.25) is 0 Å². The molecular formula is C12H13NO3. The lowest BCUT2D eigenvalue weighted by Crippen LogP contribution is -2.32. The van der Waals surface area contributed by atoms with E-state index in [1.165, 1.54) is 11.8 Å². The highest BCUT2D eigenvalue weighted by Crippen LogP contribution is 2.26. The maximum Gasteiger partial charge on any atom is 0.410 e. The Morgan fingerprint density at radius 2 is 2.12 bits per heavy atom. The van der Waals surface area contributed by atoms with Crippen LogP contribution in [0.4, 0.5) is 4.79 Å². The Morgan fingerprint density at radius 3 is 2.75 bits per heavy atom. The van der Waals surface area contributed by atoms with Gasteiger partial charge in [0.1, 0.15) is 12.4 Å². The molecule has 1 heterocycles. The Hall–Kier alpha value is -1.84. The van der Waals surface area contributed by atoms with Crippen LogP contribution in [0.1, 0.15) is 18.5 Å². The van der Waals surface area contributed by atoms with Crippen molar-refractivity contribution in [3.05, 3.63) is 35.9 Å². The lowest BCUT2D eigenvalue weighted by Gasteiger charge is -2.20. The summed E-state index contributed by atoms with van der Waals surface area (Å²) in [6, 6.07) is 9.45. The molecule has 0 aliphatic carbocycles. The van der Waals surface area contributed by atoms with Crippen LogP contribution in [0.5, 0.6) is 0 Å². The molecule has 1 fully saturated rings. The first-order valence-corrected chi connectivity index (χ1v) is 5.16. The zero-order valence-corrected chi connectivity index (χ0v) is 9.05. The van der Waals surface area contributed by atoms with Gasteiger partial charge in [0.25, 0.3) is 0 Å². The normalized spacial score (nSPS) is 19.7. The molecule has 0 N–H and O–H groups in total. The van der Waals surface area contributed by atoms with Gasteiger partial charge >= 0.3 is 6.09 Å². The quantitative estimate of drug-likeness (QED) is 0.778. The number of rotatable bonds is 3. The maximum atomic E-state index is 11.4. The molecule has 4 heteroatoms. The first-order valence-electron chi connectivity index (χ1n) is 5.16. The van der Waals surface area contributed by atoms with Gasteiger partial charge in [-0.15, -0.1) is 0 Å². The van der Waals surface area contributed by atoms with E-state index in [0.29, 0.717) is 6.61 Å². The second-order valence-electron chi connectivity index (χ2n) is 3.83. The molecule has 1 aliphatic heterocycles. The average molecular weight is 219 g/mol. The Bertz CT molecular complexity index is 402. The number of ether oxygens (including phenoxy) is 1. The van der Waals surface area contributed by atoms with Crippen LogP contribution >= 0.6 is 0 Å². The summed E-state index contributed by atoms with van der Waals surface area (Å²) in [5.41, 5.74) is 0.995. The minimum atomic E-state index is -0.413. The number of cyclic esters (lactones) is 1. The molecule has 1 saturated heterocycles. The molecule has 0 bridgehead atoms. The van der Waals surface area contributed by atoms with Crippen molar-refractivity contribution in [3.63, 3.8) is 0 Å². The third-order valence-corrected chi connectivity index (χ3v) is 2.55. The summed E-state index contributed by atoms with van der Waals surface area (Å²) >= 11 is 0. The summed E-state index contributed by atoms with van der Waals surface area (Å²) in [6.45, 7) is 1.89. The van der Waals surface area contributed by atoms with Crippen molar-refractivity contribution < 1.29 is 14.3 Å². The molecule has 84 valence electrons. The first kappa shape index (κ1) is 10.7. The molecule has 4 nitrogen and oxygen atoms in total. The molecule has 16 heavy (non-hydrogen) atoms. The minimum absolute atomic E-state index is 0.0419. The largest absolute Gasteiger partial charge is 0.447 e. The van der Waals surface area contributed by atoms with E-state index in [-0.39, 0.29) is 18.4 Å². The van der Waals surface area contributed by atoms with Gasteiger partial charge in [0.15, 0.2) is 0 Å². The summed E-state index contributed by atoms with van der Waals surface area (Å²) in [4.78, 5) is 24.0. The summed E-state index contributed by atoms with van der Waals surface area (Å²) in [5.74, 6) is -0.0419. The van der Waals surface area contributed by atoms with Gasteiger partial charge in [-0.2, -0.15) is 0 Å². The predicted molar refractivity (Wildman–Crippen MR) is 57.9 cm³/mol. The standard InChI is InChI=1S/C12H13NO3/c1-9(14)7-13-11(8-16-12(13)15)10-5-3-2-4-6-10/h2-6,11H,7-8H2,1H3/t11-/m1/s1. The number of nitrogens with zero attached hydrogens (tertiary/aromatic N) is 1. The van der Waals surface area contributed by atoms with E-state index in [4.69, 9.17) is 4.74 Å². The molecule has 2 rings (SSSR count). The van der Waals surface area contributed by atoms with Gasteiger partial charge in [-0.3, -0.25) is 9.69 Å². The number of hydrogen-bond donors (Lipinski definition) is 0. The fraction of sp³-hybridized carbons (Fsp3) is 0.333. The molecule has 1 atom stereocenters. The molecule has 0 radical (unpaired) electrons. The molecule has 0 aromatic heterocycles. The second-order valence-corrected chi connectivity index (χ2v) is 3.83. The Kier molecular flexibility index (Phi) is 2.90. The smallest absolute Gasteiger partial charge is 0.410 e. The van der Waals surface area contributed by atoms with Crippen molar-refractivity contribution in [3.8, 4) is 0 Å². The highest BCUT2D eigenvalue weighted by molar-refractivity contribution is 5.82. The van der Waals surface area contributed by atoms with Gasteiger partial charge in [0.05, 0.1) is 12.6 Å². The summed E-state index contributed by atoms with van der Waals surface area (Å²) in [7, 11) is 0. The SMILES string of the molecule is CC(=O)CN1C(=O)OC[C@@H]1c1ccccc1. The molecule has 1 aromatic carbocycles. The topological polar surface area (TPSA) is 46.6 Å². The third-order valence-electron chi connectivity index (χ3n) is 2.55. The van der Waals surface area contributed by atoms with E-state index in [1.54, 1.807) is 0 Å². The van der Waals surface area contributed by atoms with E-state index >= 15 is 0 Å². The molecule has 0 saturated carbocycles. The molecule has 1 aromatic rings. The van der Waals surface area contributed by atoms with E-state index in [9.17, 15) is 9.59 Å². The van der Waals surface area contributed by atoms with E-state index in [2.05, 4.69) is 0 Å². The summed E-state index contributed by atoms with van der Waals surface area (Å²) < 4.78 is 4.97. The highest BCUT2D eigenvalue weighted by atomic mass is 16.6. The number of Topliss-reactive ketones (excluding diaryl/α,β-unsaturated/α-hetero) is 1. The number of benzene rings is 1. The predicted octanol–water partition coefficient (Wildman–Crippen LogP) is 1.77. The highest BCUT2D eigenvalue weighted by Gasteiger charge is 2.34. The lowest BCUT2D eigenvalue weighted by molar-refractivity contribution is -0.117. The zero-order chi connectivity index (χ0) is 11.5. The number of ketones is 1.